The summed E-state index contributed by atoms with van der Waals surface area (Å²) < 4.78 is 5.74. The quantitative estimate of drug-likeness (QED) is 0.581. The van der Waals surface area contributed by atoms with Crippen LogP contribution in [0.3, 0.4) is 0 Å². The molecule has 0 aliphatic carbocycles. The summed E-state index contributed by atoms with van der Waals surface area (Å²) >= 11 is 14.2. The molecule has 0 spiro atoms. The zero-order valence-electron chi connectivity index (χ0n) is 14.4. The maximum Gasteiger partial charge on any atom is 0.320 e. The number of ether oxygens (including phenoxy) is 1. The molecule has 2 N–H and O–H groups in total. The molecular weight excluding hydrogens is 393 g/mol. The van der Waals surface area contributed by atoms with Crippen molar-refractivity contribution >= 4 is 40.9 Å². The van der Waals surface area contributed by atoms with Crippen LogP contribution < -0.4 is 10.1 Å². The lowest BCUT2D eigenvalue weighted by Crippen LogP contribution is -2.36. The second-order valence-corrected chi connectivity index (χ2v) is 7.52. The summed E-state index contributed by atoms with van der Waals surface area (Å²) in [7, 11) is 0. The van der Waals surface area contributed by atoms with Gasteiger partial charge in [0.1, 0.15) is 12.6 Å². The minimum absolute atomic E-state index is 0.365. The summed E-state index contributed by atoms with van der Waals surface area (Å²) in [4.78, 5) is 11.3. The van der Waals surface area contributed by atoms with E-state index in [4.69, 9.17) is 27.9 Å². The van der Waals surface area contributed by atoms with E-state index >= 15 is 0 Å². The lowest BCUT2D eigenvalue weighted by molar-refractivity contribution is -0.139. The predicted octanol–water partition coefficient (Wildman–Crippen LogP) is 4.87. The van der Waals surface area contributed by atoms with E-state index in [1.807, 2.05) is 36.6 Å². The van der Waals surface area contributed by atoms with Gasteiger partial charge >= 0.3 is 5.97 Å². The Morgan fingerprint density at radius 3 is 2.42 bits per heavy atom. The largest absolute Gasteiger partial charge is 0.486 e. The zero-order valence-corrected chi connectivity index (χ0v) is 16.7. The van der Waals surface area contributed by atoms with Crippen LogP contribution in [0.25, 0.3) is 0 Å². The van der Waals surface area contributed by atoms with Crippen molar-refractivity contribution in [1.82, 2.24) is 5.32 Å². The molecule has 0 bridgehead atoms. The molecule has 2 aromatic rings. The molecule has 0 aliphatic heterocycles. The van der Waals surface area contributed by atoms with Crippen LogP contribution in [0.15, 0.2) is 42.5 Å². The molecule has 0 fully saturated rings. The number of hydrogen-bond acceptors (Lipinski definition) is 4. The second kappa shape index (κ2) is 10.7. The number of rotatable bonds is 10. The van der Waals surface area contributed by atoms with Gasteiger partial charge < -0.3 is 15.2 Å². The maximum absolute atomic E-state index is 11.3. The Labute approximate surface area is 167 Å². The van der Waals surface area contributed by atoms with Crippen molar-refractivity contribution in [3.63, 3.8) is 0 Å². The molecule has 0 radical (unpaired) electrons. The Hall–Kier alpha value is -1.40. The molecule has 2 rings (SSSR count). The van der Waals surface area contributed by atoms with Crippen molar-refractivity contribution in [3.05, 3.63) is 63.6 Å². The van der Waals surface area contributed by atoms with E-state index in [0.717, 1.165) is 16.9 Å². The first-order chi connectivity index (χ1) is 12.5. The van der Waals surface area contributed by atoms with E-state index in [-0.39, 0.29) is 0 Å². The molecule has 140 valence electrons. The Morgan fingerprint density at radius 1 is 1.19 bits per heavy atom. The number of benzene rings is 2. The van der Waals surface area contributed by atoms with Gasteiger partial charge in [-0.15, -0.1) is 0 Å². The molecule has 4 nitrogen and oxygen atoms in total. The molecule has 1 unspecified atom stereocenters. The Morgan fingerprint density at radius 2 is 1.85 bits per heavy atom. The van der Waals surface area contributed by atoms with Gasteiger partial charge in [0.25, 0.3) is 0 Å². The molecular formula is C19H21Cl2NO3S. The number of carboxylic acids is 1. The number of hydrogen-bond donors (Lipinski definition) is 2. The molecule has 26 heavy (non-hydrogen) atoms. The molecule has 2 aromatic carbocycles. The van der Waals surface area contributed by atoms with Gasteiger partial charge in [-0.2, -0.15) is 11.8 Å². The third kappa shape index (κ3) is 6.40. The first-order valence-electron chi connectivity index (χ1n) is 8.11. The minimum atomic E-state index is -0.862. The summed E-state index contributed by atoms with van der Waals surface area (Å²) in [6, 6.07) is 12.6. The first-order valence-corrected chi connectivity index (χ1v) is 10.3. The summed E-state index contributed by atoms with van der Waals surface area (Å²) in [5.74, 6) is 0.342. The van der Waals surface area contributed by atoms with E-state index in [0.29, 0.717) is 35.4 Å². The monoisotopic (exact) mass is 413 g/mol. The van der Waals surface area contributed by atoms with E-state index in [1.165, 1.54) is 0 Å². The average molecular weight is 414 g/mol. The highest BCUT2D eigenvalue weighted by Crippen LogP contribution is 2.34. The van der Waals surface area contributed by atoms with Crippen molar-refractivity contribution in [2.75, 3.05) is 12.0 Å². The fourth-order valence-corrected chi connectivity index (χ4v) is 3.48. The third-order valence-electron chi connectivity index (χ3n) is 3.75. The highest BCUT2D eigenvalue weighted by molar-refractivity contribution is 7.98. The van der Waals surface area contributed by atoms with Gasteiger partial charge in [0.15, 0.2) is 5.75 Å². The number of aliphatic carboxylic acids is 1. The van der Waals surface area contributed by atoms with Crippen LogP contribution in [0.5, 0.6) is 5.75 Å². The lowest BCUT2D eigenvalue weighted by atomic mass is 10.1. The van der Waals surface area contributed by atoms with Crippen LogP contribution >= 0.6 is 35.0 Å². The fourth-order valence-electron chi connectivity index (χ4n) is 2.37. The van der Waals surface area contributed by atoms with Gasteiger partial charge in [0, 0.05) is 6.54 Å². The summed E-state index contributed by atoms with van der Waals surface area (Å²) in [6.45, 7) is 0.734. The Kier molecular flexibility index (Phi) is 8.59. The van der Waals surface area contributed by atoms with Gasteiger partial charge in [-0.05, 0) is 41.7 Å². The SMILES string of the molecule is CSCCC(NCc1cc(Cl)c(OCc2ccccc2)c(Cl)c1)C(=O)O. The predicted molar refractivity (Wildman–Crippen MR) is 108 cm³/mol. The fraction of sp³-hybridized carbons (Fsp3) is 0.316. The van der Waals surface area contributed by atoms with E-state index in [2.05, 4.69) is 5.32 Å². The van der Waals surface area contributed by atoms with Gasteiger partial charge in [-0.25, -0.2) is 0 Å². The first kappa shape index (κ1) is 20.9. The van der Waals surface area contributed by atoms with Crippen molar-refractivity contribution in [3.8, 4) is 5.75 Å². The summed E-state index contributed by atoms with van der Waals surface area (Å²) in [6.07, 6.45) is 2.50. The normalized spacial score (nSPS) is 12.0. The van der Waals surface area contributed by atoms with Gasteiger partial charge in [0.05, 0.1) is 10.0 Å². The average Bonchev–Trinajstić information content (AvgIpc) is 2.61. The highest BCUT2D eigenvalue weighted by Gasteiger charge is 2.17. The van der Waals surface area contributed by atoms with E-state index < -0.39 is 12.0 Å². The smallest absolute Gasteiger partial charge is 0.320 e. The molecule has 0 heterocycles. The minimum Gasteiger partial charge on any atom is -0.486 e. The number of carboxylic acid groups (broad SMARTS) is 1. The highest BCUT2D eigenvalue weighted by atomic mass is 35.5. The standard InChI is InChI=1S/C19H21Cl2NO3S/c1-26-8-7-17(19(23)24)22-11-14-9-15(20)18(16(21)10-14)25-12-13-5-3-2-4-6-13/h2-6,9-10,17,22H,7-8,11-12H2,1H3,(H,23,24). The molecule has 0 saturated heterocycles. The van der Waals surface area contributed by atoms with Crippen molar-refractivity contribution < 1.29 is 14.6 Å². The molecule has 0 amide bonds. The van der Waals surface area contributed by atoms with Gasteiger partial charge in [0.2, 0.25) is 0 Å². The van der Waals surface area contributed by atoms with Crippen LogP contribution in [-0.4, -0.2) is 29.1 Å². The number of halogens is 2. The zero-order chi connectivity index (χ0) is 18.9. The topological polar surface area (TPSA) is 58.6 Å². The van der Waals surface area contributed by atoms with Crippen molar-refractivity contribution in [2.45, 2.75) is 25.6 Å². The molecule has 1 atom stereocenters. The van der Waals surface area contributed by atoms with Gasteiger partial charge in [-0.3, -0.25) is 4.79 Å². The summed E-state index contributed by atoms with van der Waals surface area (Å²) in [5, 5.41) is 13.1. The molecule has 0 aliphatic rings. The van der Waals surface area contributed by atoms with Crippen LogP contribution in [-0.2, 0) is 17.9 Å². The van der Waals surface area contributed by atoms with Crippen LogP contribution in [0, 0.1) is 0 Å². The maximum atomic E-state index is 11.3. The van der Waals surface area contributed by atoms with Crippen molar-refractivity contribution in [1.29, 1.82) is 0 Å². The Balaban J connectivity index is 2.00. The van der Waals surface area contributed by atoms with Crippen LogP contribution in [0.2, 0.25) is 10.0 Å². The van der Waals surface area contributed by atoms with Crippen LogP contribution in [0.4, 0.5) is 0 Å². The van der Waals surface area contributed by atoms with E-state index in [1.54, 1.807) is 23.9 Å². The van der Waals surface area contributed by atoms with E-state index in [9.17, 15) is 9.90 Å². The molecule has 0 saturated carbocycles. The summed E-state index contributed by atoms with van der Waals surface area (Å²) in [5.41, 5.74) is 1.82. The van der Waals surface area contributed by atoms with Crippen LogP contribution in [0.1, 0.15) is 17.5 Å². The molecule has 7 heteroatoms. The number of thioether (sulfide) groups is 1. The molecule has 0 aromatic heterocycles. The Bertz CT molecular complexity index is 705. The third-order valence-corrected chi connectivity index (χ3v) is 4.95. The van der Waals surface area contributed by atoms with Crippen molar-refractivity contribution in [2.24, 2.45) is 0 Å². The lowest BCUT2D eigenvalue weighted by Gasteiger charge is -2.15. The number of nitrogens with one attached hydrogen (secondary N) is 1. The van der Waals surface area contributed by atoms with Gasteiger partial charge in [-0.1, -0.05) is 53.5 Å². The second-order valence-electron chi connectivity index (χ2n) is 5.72. The number of carbonyl (C=O) groups is 1.